The lowest BCUT2D eigenvalue weighted by Gasteiger charge is -2.13. The molecule has 0 amide bonds. The fourth-order valence-electron chi connectivity index (χ4n) is 1.98. The first-order valence-electron chi connectivity index (χ1n) is 7.67. The fraction of sp³-hybridized carbons (Fsp3) is 0.105. The Morgan fingerprint density at radius 3 is 2.27 bits per heavy atom. The van der Waals surface area contributed by atoms with Gasteiger partial charge in [0.05, 0.1) is 4.90 Å². The van der Waals surface area contributed by atoms with Crippen LogP contribution in [0.5, 0.6) is 5.75 Å². The normalized spacial score (nSPS) is 13.9. The highest BCUT2D eigenvalue weighted by Gasteiger charge is 2.10. The Labute approximate surface area is 164 Å². The highest BCUT2D eigenvalue weighted by atomic mass is 32.2. The van der Waals surface area contributed by atoms with Crippen LogP contribution in [0.15, 0.2) is 82.3 Å². The Kier molecular flexibility index (Phi) is 7.16. The SMILES string of the molecule is Cc1ccc(S(=O)(=O)O)cc1.S=C1C=C(Oc2ccccc2)C(S)=CC1. The van der Waals surface area contributed by atoms with Gasteiger partial charge in [-0.1, -0.05) is 54.2 Å². The van der Waals surface area contributed by atoms with Crippen LogP contribution in [0.4, 0.5) is 0 Å². The summed E-state index contributed by atoms with van der Waals surface area (Å²) in [7, 11) is -4.02. The van der Waals surface area contributed by atoms with Crippen LogP contribution in [0.3, 0.4) is 0 Å². The van der Waals surface area contributed by atoms with Crippen LogP contribution in [-0.2, 0) is 10.1 Å². The second kappa shape index (κ2) is 9.14. The van der Waals surface area contributed by atoms with Crippen molar-refractivity contribution in [3.8, 4) is 5.75 Å². The van der Waals surface area contributed by atoms with E-state index < -0.39 is 10.1 Å². The lowest BCUT2D eigenvalue weighted by Crippen LogP contribution is -2.04. The van der Waals surface area contributed by atoms with E-state index in [1.54, 1.807) is 12.1 Å². The topological polar surface area (TPSA) is 63.6 Å². The molecule has 3 rings (SSSR count). The van der Waals surface area contributed by atoms with Gasteiger partial charge in [-0.15, -0.1) is 12.6 Å². The van der Waals surface area contributed by atoms with Crippen molar-refractivity contribution < 1.29 is 17.7 Å². The summed E-state index contributed by atoms with van der Waals surface area (Å²) in [6, 6.07) is 15.6. The molecule has 0 atom stereocenters. The van der Waals surface area contributed by atoms with Crippen molar-refractivity contribution in [3.05, 3.63) is 83.0 Å². The quantitative estimate of drug-likeness (QED) is 0.436. The van der Waals surface area contributed by atoms with Crippen LogP contribution in [0.25, 0.3) is 0 Å². The number of thiol groups is 1. The lowest BCUT2D eigenvalue weighted by molar-refractivity contribution is 0.442. The number of para-hydroxylation sites is 1. The molecule has 136 valence electrons. The van der Waals surface area contributed by atoms with Gasteiger partial charge >= 0.3 is 0 Å². The van der Waals surface area contributed by atoms with Gasteiger partial charge in [0.2, 0.25) is 0 Å². The molecule has 0 heterocycles. The molecule has 0 spiro atoms. The van der Waals surface area contributed by atoms with E-state index in [-0.39, 0.29) is 4.90 Å². The Bertz CT molecular complexity index is 929. The molecule has 0 aromatic heterocycles. The van der Waals surface area contributed by atoms with Gasteiger partial charge in [0.15, 0.2) is 0 Å². The van der Waals surface area contributed by atoms with Crippen LogP contribution in [-0.4, -0.2) is 17.8 Å². The van der Waals surface area contributed by atoms with E-state index in [9.17, 15) is 8.42 Å². The molecule has 1 aliphatic carbocycles. The number of allylic oxidation sites excluding steroid dienone is 2. The van der Waals surface area contributed by atoms with Crippen molar-refractivity contribution in [2.75, 3.05) is 0 Å². The summed E-state index contributed by atoms with van der Waals surface area (Å²) in [6.45, 7) is 1.84. The number of hydrogen-bond acceptors (Lipinski definition) is 5. The van der Waals surface area contributed by atoms with Crippen LogP contribution < -0.4 is 4.74 Å². The number of hydrogen-bond donors (Lipinski definition) is 2. The predicted molar refractivity (Wildman–Crippen MR) is 110 cm³/mol. The third-order valence-corrected chi connectivity index (χ3v) is 4.89. The third-order valence-electron chi connectivity index (χ3n) is 3.33. The van der Waals surface area contributed by atoms with Crippen molar-refractivity contribution >= 4 is 39.8 Å². The molecule has 2 aromatic carbocycles. The molecule has 1 aliphatic rings. The first-order chi connectivity index (χ1) is 12.3. The Hall–Kier alpha value is -1.93. The second-order valence-corrected chi connectivity index (χ2v) is 7.90. The first kappa shape index (κ1) is 20.4. The summed E-state index contributed by atoms with van der Waals surface area (Å²) in [5.41, 5.74) is 0.956. The molecular formula is C19H18O4S3. The van der Waals surface area contributed by atoms with Gasteiger partial charge in [-0.3, -0.25) is 4.55 Å². The van der Waals surface area contributed by atoms with E-state index in [0.29, 0.717) is 0 Å². The van der Waals surface area contributed by atoms with Crippen LogP contribution in [0.1, 0.15) is 12.0 Å². The largest absolute Gasteiger partial charge is 0.456 e. The number of rotatable bonds is 3. The van der Waals surface area contributed by atoms with Crippen molar-refractivity contribution in [1.29, 1.82) is 0 Å². The van der Waals surface area contributed by atoms with Gasteiger partial charge in [-0.2, -0.15) is 8.42 Å². The Balaban J connectivity index is 0.000000197. The summed E-state index contributed by atoms with van der Waals surface area (Å²) >= 11 is 9.45. The smallest absolute Gasteiger partial charge is 0.294 e. The Morgan fingerprint density at radius 1 is 1.08 bits per heavy atom. The van der Waals surface area contributed by atoms with Crippen molar-refractivity contribution in [2.24, 2.45) is 0 Å². The highest BCUT2D eigenvalue weighted by Crippen LogP contribution is 2.24. The predicted octanol–water partition coefficient (Wildman–Crippen LogP) is 4.78. The van der Waals surface area contributed by atoms with E-state index in [4.69, 9.17) is 21.5 Å². The van der Waals surface area contributed by atoms with E-state index in [2.05, 4.69) is 12.6 Å². The number of benzene rings is 2. The fourth-order valence-corrected chi connectivity index (χ4v) is 2.86. The minimum absolute atomic E-state index is 0.0666. The number of ether oxygens (including phenoxy) is 1. The highest BCUT2D eigenvalue weighted by molar-refractivity contribution is 7.85. The van der Waals surface area contributed by atoms with Crippen LogP contribution in [0.2, 0.25) is 0 Å². The zero-order valence-electron chi connectivity index (χ0n) is 14.0. The molecule has 0 fully saturated rings. The zero-order chi connectivity index (χ0) is 19.2. The monoisotopic (exact) mass is 406 g/mol. The molecule has 0 aliphatic heterocycles. The average Bonchev–Trinajstić information content (AvgIpc) is 2.59. The molecule has 0 radical (unpaired) electrons. The maximum Gasteiger partial charge on any atom is 0.294 e. The average molecular weight is 407 g/mol. The van der Waals surface area contributed by atoms with E-state index in [0.717, 1.165) is 33.3 Å². The maximum absolute atomic E-state index is 10.5. The summed E-state index contributed by atoms with van der Waals surface area (Å²) in [6.07, 6.45) is 4.59. The van der Waals surface area contributed by atoms with Gasteiger partial charge in [0, 0.05) is 16.2 Å². The molecule has 26 heavy (non-hydrogen) atoms. The van der Waals surface area contributed by atoms with Gasteiger partial charge in [0.1, 0.15) is 11.5 Å². The molecule has 2 aromatic rings. The number of aryl methyl sites for hydroxylation is 1. The lowest BCUT2D eigenvalue weighted by atomic mass is 10.1. The summed E-state index contributed by atoms with van der Waals surface area (Å²) in [5, 5.41) is 0. The van der Waals surface area contributed by atoms with E-state index in [1.165, 1.54) is 12.1 Å². The molecule has 0 bridgehead atoms. The first-order valence-corrected chi connectivity index (χ1v) is 9.96. The van der Waals surface area contributed by atoms with E-state index >= 15 is 0 Å². The molecule has 7 heteroatoms. The van der Waals surface area contributed by atoms with Crippen LogP contribution >= 0.6 is 24.8 Å². The second-order valence-electron chi connectivity index (χ2n) is 5.47. The summed E-state index contributed by atoms with van der Waals surface area (Å²) in [4.78, 5) is 1.65. The minimum atomic E-state index is -4.02. The Morgan fingerprint density at radius 2 is 1.69 bits per heavy atom. The van der Waals surface area contributed by atoms with Crippen molar-refractivity contribution in [2.45, 2.75) is 18.2 Å². The van der Waals surface area contributed by atoms with Gasteiger partial charge in [0.25, 0.3) is 10.1 Å². The third kappa shape index (κ3) is 6.42. The summed E-state index contributed by atoms with van der Waals surface area (Å²) in [5.74, 6) is 1.52. The van der Waals surface area contributed by atoms with Gasteiger partial charge < -0.3 is 4.74 Å². The standard InChI is InChI=1S/C12H10OS2.C7H8O3S/c14-10-6-7-12(15)11(8-10)13-9-4-2-1-3-5-9;1-6-2-4-7(5-3-6)11(8,9)10/h1-5,7-8,15H,6H2;2-5H,1H3,(H,8,9,10). The molecule has 0 unspecified atom stereocenters. The molecule has 0 saturated carbocycles. The zero-order valence-corrected chi connectivity index (χ0v) is 16.5. The number of thiocarbonyl (C=S) groups is 1. The molecule has 0 saturated heterocycles. The van der Waals surface area contributed by atoms with Crippen LogP contribution in [0, 0.1) is 6.92 Å². The van der Waals surface area contributed by atoms with Crippen molar-refractivity contribution in [3.63, 3.8) is 0 Å². The van der Waals surface area contributed by atoms with Gasteiger partial charge in [-0.05, 0) is 37.3 Å². The maximum atomic E-state index is 10.5. The summed E-state index contributed by atoms with van der Waals surface area (Å²) < 4.78 is 35.2. The molecular weight excluding hydrogens is 388 g/mol. The van der Waals surface area contributed by atoms with Crippen molar-refractivity contribution in [1.82, 2.24) is 0 Å². The van der Waals surface area contributed by atoms with Gasteiger partial charge in [-0.25, -0.2) is 0 Å². The molecule has 4 nitrogen and oxygen atoms in total. The van der Waals surface area contributed by atoms with E-state index in [1.807, 2.05) is 49.4 Å². The molecule has 1 N–H and O–H groups in total. The minimum Gasteiger partial charge on any atom is -0.456 e.